The van der Waals surface area contributed by atoms with Crippen LogP contribution in [0.4, 0.5) is 0 Å². The highest BCUT2D eigenvalue weighted by Gasteiger charge is 2.00. The Bertz CT molecular complexity index is 285. The highest BCUT2D eigenvalue weighted by Crippen LogP contribution is 2.12. The van der Waals surface area contributed by atoms with E-state index in [1.165, 1.54) is 5.56 Å². The van der Waals surface area contributed by atoms with Crippen molar-refractivity contribution >= 4 is 17.7 Å². The number of benzene rings is 1. The van der Waals surface area contributed by atoms with Crippen molar-refractivity contribution in [1.82, 2.24) is 0 Å². The third-order valence-electron chi connectivity index (χ3n) is 1.87. The lowest BCUT2D eigenvalue weighted by Crippen LogP contribution is -2.04. The maximum atomic E-state index is 11.0. The molecule has 82 valence electrons. The monoisotopic (exact) mass is 224 g/mol. The highest BCUT2D eigenvalue weighted by molar-refractivity contribution is 7.98. The van der Waals surface area contributed by atoms with Crippen LogP contribution in [0, 0.1) is 0 Å². The first-order valence-electron chi connectivity index (χ1n) is 5.10. The SMILES string of the molecule is CCOC(=O)CCSCc1ccccc1. The summed E-state index contributed by atoms with van der Waals surface area (Å²) in [6, 6.07) is 10.3. The number of rotatable bonds is 6. The second-order valence-corrected chi connectivity index (χ2v) is 4.20. The van der Waals surface area contributed by atoms with Gasteiger partial charge in [0, 0.05) is 11.5 Å². The Balaban J connectivity index is 2.10. The molecule has 15 heavy (non-hydrogen) atoms. The van der Waals surface area contributed by atoms with E-state index in [0.29, 0.717) is 13.0 Å². The number of esters is 1. The van der Waals surface area contributed by atoms with E-state index < -0.39 is 0 Å². The molecule has 0 fully saturated rings. The molecule has 2 nitrogen and oxygen atoms in total. The molecule has 0 heterocycles. The van der Waals surface area contributed by atoms with Crippen LogP contribution in [-0.2, 0) is 15.3 Å². The number of hydrogen-bond acceptors (Lipinski definition) is 3. The molecule has 0 atom stereocenters. The fourth-order valence-corrected chi connectivity index (χ4v) is 2.04. The molecule has 1 rings (SSSR count). The smallest absolute Gasteiger partial charge is 0.306 e. The normalized spacial score (nSPS) is 9.93. The van der Waals surface area contributed by atoms with Gasteiger partial charge in [-0.2, -0.15) is 11.8 Å². The molecule has 3 heteroatoms. The molecule has 0 aromatic heterocycles. The van der Waals surface area contributed by atoms with Crippen molar-refractivity contribution in [2.24, 2.45) is 0 Å². The lowest BCUT2D eigenvalue weighted by Gasteiger charge is -2.02. The van der Waals surface area contributed by atoms with Crippen molar-refractivity contribution in [3.8, 4) is 0 Å². The van der Waals surface area contributed by atoms with Crippen molar-refractivity contribution in [3.63, 3.8) is 0 Å². The standard InChI is InChI=1S/C12H16O2S/c1-2-14-12(13)8-9-15-10-11-6-4-3-5-7-11/h3-7H,2,8-10H2,1H3. The van der Waals surface area contributed by atoms with Gasteiger partial charge in [-0.1, -0.05) is 30.3 Å². The molecule has 0 saturated heterocycles. The van der Waals surface area contributed by atoms with E-state index in [0.717, 1.165) is 11.5 Å². The number of thioether (sulfide) groups is 1. The molecule has 0 amide bonds. The van der Waals surface area contributed by atoms with Gasteiger partial charge in [0.05, 0.1) is 13.0 Å². The van der Waals surface area contributed by atoms with E-state index in [1.54, 1.807) is 11.8 Å². The predicted molar refractivity (Wildman–Crippen MR) is 63.9 cm³/mol. The third kappa shape index (κ3) is 5.47. The van der Waals surface area contributed by atoms with Gasteiger partial charge in [0.1, 0.15) is 0 Å². The molecule has 0 aliphatic carbocycles. The van der Waals surface area contributed by atoms with Gasteiger partial charge >= 0.3 is 5.97 Å². The van der Waals surface area contributed by atoms with Crippen molar-refractivity contribution in [2.75, 3.05) is 12.4 Å². The quantitative estimate of drug-likeness (QED) is 0.549. The van der Waals surface area contributed by atoms with Crippen LogP contribution in [0.2, 0.25) is 0 Å². The Morgan fingerprint density at radius 2 is 2.07 bits per heavy atom. The second-order valence-electron chi connectivity index (χ2n) is 3.09. The maximum absolute atomic E-state index is 11.0. The lowest BCUT2D eigenvalue weighted by molar-refractivity contribution is -0.142. The van der Waals surface area contributed by atoms with Gasteiger partial charge in [0.2, 0.25) is 0 Å². The first-order chi connectivity index (χ1) is 7.33. The fraction of sp³-hybridized carbons (Fsp3) is 0.417. The summed E-state index contributed by atoms with van der Waals surface area (Å²) in [5.74, 6) is 1.69. The van der Waals surface area contributed by atoms with Crippen LogP contribution in [0.25, 0.3) is 0 Å². The first kappa shape index (κ1) is 12.1. The fourth-order valence-electron chi connectivity index (χ4n) is 1.15. The molecule has 1 aromatic rings. The Labute approximate surface area is 95.0 Å². The number of carbonyl (C=O) groups excluding carboxylic acids is 1. The summed E-state index contributed by atoms with van der Waals surface area (Å²) >= 11 is 1.76. The second kappa shape index (κ2) is 7.35. The lowest BCUT2D eigenvalue weighted by atomic mass is 10.2. The first-order valence-corrected chi connectivity index (χ1v) is 6.25. The van der Waals surface area contributed by atoms with E-state index in [-0.39, 0.29) is 5.97 Å². The van der Waals surface area contributed by atoms with Crippen molar-refractivity contribution in [1.29, 1.82) is 0 Å². The maximum Gasteiger partial charge on any atom is 0.306 e. The molecule has 0 saturated carbocycles. The number of carbonyl (C=O) groups is 1. The van der Waals surface area contributed by atoms with Gasteiger partial charge in [-0.25, -0.2) is 0 Å². The molecule has 0 aliphatic rings. The molecule has 0 aliphatic heterocycles. The molecule has 0 spiro atoms. The van der Waals surface area contributed by atoms with Crippen LogP contribution in [-0.4, -0.2) is 18.3 Å². The summed E-state index contributed by atoms with van der Waals surface area (Å²) in [7, 11) is 0. The zero-order valence-electron chi connectivity index (χ0n) is 8.94. The zero-order valence-corrected chi connectivity index (χ0v) is 9.76. The number of ether oxygens (including phenoxy) is 1. The molecule has 0 N–H and O–H groups in total. The number of hydrogen-bond donors (Lipinski definition) is 0. The molecule has 0 radical (unpaired) electrons. The van der Waals surface area contributed by atoms with Crippen molar-refractivity contribution in [3.05, 3.63) is 35.9 Å². The minimum Gasteiger partial charge on any atom is -0.466 e. The van der Waals surface area contributed by atoms with Gasteiger partial charge in [-0.05, 0) is 12.5 Å². The minimum atomic E-state index is -0.0990. The summed E-state index contributed by atoms with van der Waals surface area (Å²) < 4.78 is 4.84. The Morgan fingerprint density at radius 3 is 2.73 bits per heavy atom. The third-order valence-corrected chi connectivity index (χ3v) is 2.90. The topological polar surface area (TPSA) is 26.3 Å². The van der Waals surface area contributed by atoms with E-state index in [9.17, 15) is 4.79 Å². The molecule has 0 bridgehead atoms. The van der Waals surface area contributed by atoms with Crippen LogP contribution in [0.15, 0.2) is 30.3 Å². The highest BCUT2D eigenvalue weighted by atomic mass is 32.2. The van der Waals surface area contributed by atoms with E-state index in [4.69, 9.17) is 4.74 Å². The van der Waals surface area contributed by atoms with E-state index in [2.05, 4.69) is 12.1 Å². The molecular formula is C12H16O2S. The molecule has 1 aromatic carbocycles. The average Bonchev–Trinajstić information content (AvgIpc) is 2.26. The van der Waals surface area contributed by atoms with Gasteiger partial charge < -0.3 is 4.74 Å². The van der Waals surface area contributed by atoms with Crippen LogP contribution >= 0.6 is 11.8 Å². The van der Waals surface area contributed by atoms with E-state index >= 15 is 0 Å². The van der Waals surface area contributed by atoms with Crippen LogP contribution in [0.3, 0.4) is 0 Å². The van der Waals surface area contributed by atoms with Crippen molar-refractivity contribution < 1.29 is 9.53 Å². The van der Waals surface area contributed by atoms with E-state index in [1.807, 2.05) is 25.1 Å². The van der Waals surface area contributed by atoms with Gasteiger partial charge in [-0.3, -0.25) is 4.79 Å². The Hall–Kier alpha value is -0.960. The minimum absolute atomic E-state index is 0.0990. The summed E-state index contributed by atoms with van der Waals surface area (Å²) in [6.45, 7) is 2.30. The Morgan fingerprint density at radius 1 is 1.33 bits per heavy atom. The largest absolute Gasteiger partial charge is 0.466 e. The Kier molecular flexibility index (Phi) is 5.93. The average molecular weight is 224 g/mol. The van der Waals surface area contributed by atoms with Crippen molar-refractivity contribution in [2.45, 2.75) is 19.1 Å². The predicted octanol–water partition coefficient (Wildman–Crippen LogP) is 2.87. The molecular weight excluding hydrogens is 208 g/mol. The molecule has 0 unspecified atom stereocenters. The zero-order chi connectivity index (χ0) is 10.9. The summed E-state index contributed by atoms with van der Waals surface area (Å²) in [4.78, 5) is 11.0. The summed E-state index contributed by atoms with van der Waals surface area (Å²) in [5, 5.41) is 0. The summed E-state index contributed by atoms with van der Waals surface area (Å²) in [6.07, 6.45) is 0.505. The van der Waals surface area contributed by atoms with Gasteiger partial charge in [0.15, 0.2) is 0 Å². The van der Waals surface area contributed by atoms with Gasteiger partial charge in [-0.15, -0.1) is 0 Å². The van der Waals surface area contributed by atoms with Crippen LogP contribution in [0.1, 0.15) is 18.9 Å². The van der Waals surface area contributed by atoms with Crippen LogP contribution < -0.4 is 0 Å². The summed E-state index contributed by atoms with van der Waals surface area (Å²) in [5.41, 5.74) is 1.30. The van der Waals surface area contributed by atoms with Gasteiger partial charge in [0.25, 0.3) is 0 Å². The van der Waals surface area contributed by atoms with Crippen LogP contribution in [0.5, 0.6) is 0 Å².